The van der Waals surface area contributed by atoms with E-state index in [4.69, 9.17) is 18.9 Å². The lowest BCUT2D eigenvalue weighted by molar-refractivity contribution is -0.127. The second kappa shape index (κ2) is 17.7. The third-order valence-corrected chi connectivity index (χ3v) is 9.33. The van der Waals surface area contributed by atoms with E-state index in [1.54, 1.807) is 37.6 Å². The van der Waals surface area contributed by atoms with Gasteiger partial charge in [0.2, 0.25) is 11.8 Å². The molecule has 1 aromatic heterocycles. The number of methoxy groups -OCH3 is 1. The number of rotatable bonds is 14. The SMILES string of the molecule is COc1ccc(COc2ccc(Oc3c(C)cc(C=CC(=O)N4CCN(Cc5ccc(CCOc6ccc(F)cc6)c(C)c5)CC4)cc3C)nc2)cc1. The highest BCUT2D eigenvalue weighted by atomic mass is 19.1. The standard InChI is InChI=1S/C44H46FN3O5/c1-31-25-36(5-9-37(31)19-24-51-40-14-10-38(45)11-15-40)29-47-20-22-48(23-21-47)43(49)18-8-35-26-32(2)44(33(3)27-35)53-42-17-16-41(28-46-42)52-30-34-6-12-39(50-4)13-7-34/h5-18,25-28H,19-24,29-30H2,1-4H3. The first kappa shape index (κ1) is 37.1. The Kier molecular flexibility index (Phi) is 12.4. The van der Waals surface area contributed by atoms with E-state index in [1.807, 2.05) is 67.3 Å². The Morgan fingerprint density at radius 2 is 1.45 bits per heavy atom. The van der Waals surface area contributed by atoms with Gasteiger partial charge in [0.15, 0.2) is 0 Å². The largest absolute Gasteiger partial charge is 0.497 e. The molecule has 1 fully saturated rings. The monoisotopic (exact) mass is 715 g/mol. The minimum atomic E-state index is -0.269. The molecule has 6 rings (SSSR count). The van der Waals surface area contributed by atoms with E-state index in [0.717, 1.165) is 59.8 Å². The molecule has 4 aromatic carbocycles. The smallest absolute Gasteiger partial charge is 0.246 e. The molecule has 0 aliphatic carbocycles. The zero-order valence-electron chi connectivity index (χ0n) is 30.8. The van der Waals surface area contributed by atoms with Crippen LogP contribution in [0.15, 0.2) is 103 Å². The number of carbonyl (C=O) groups is 1. The van der Waals surface area contributed by atoms with Crippen molar-refractivity contribution in [2.45, 2.75) is 40.3 Å². The quantitative estimate of drug-likeness (QED) is 0.107. The molecule has 1 saturated heterocycles. The third-order valence-electron chi connectivity index (χ3n) is 9.33. The molecule has 0 atom stereocenters. The van der Waals surface area contributed by atoms with Crippen molar-refractivity contribution in [2.24, 2.45) is 0 Å². The van der Waals surface area contributed by atoms with Crippen LogP contribution in [0.4, 0.5) is 4.39 Å². The number of hydrogen-bond donors (Lipinski definition) is 0. The highest BCUT2D eigenvalue weighted by molar-refractivity contribution is 5.92. The fourth-order valence-corrected chi connectivity index (χ4v) is 6.35. The number of benzene rings is 4. The van der Waals surface area contributed by atoms with Gasteiger partial charge in [0, 0.05) is 51.3 Å². The summed E-state index contributed by atoms with van der Waals surface area (Å²) in [4.78, 5) is 21.9. The maximum absolute atomic E-state index is 13.1. The summed E-state index contributed by atoms with van der Waals surface area (Å²) in [5.74, 6) is 3.09. The Balaban J connectivity index is 0.942. The average molecular weight is 716 g/mol. The molecule has 0 unspecified atom stereocenters. The van der Waals surface area contributed by atoms with E-state index in [1.165, 1.54) is 28.8 Å². The number of aryl methyl sites for hydroxylation is 3. The molecular formula is C44H46FN3O5. The summed E-state index contributed by atoms with van der Waals surface area (Å²) < 4.78 is 36.1. The molecule has 2 heterocycles. The van der Waals surface area contributed by atoms with Gasteiger partial charge < -0.3 is 23.8 Å². The van der Waals surface area contributed by atoms with Crippen molar-refractivity contribution in [2.75, 3.05) is 39.9 Å². The van der Waals surface area contributed by atoms with Crippen LogP contribution in [0.2, 0.25) is 0 Å². The molecule has 9 heteroatoms. The van der Waals surface area contributed by atoms with Crippen LogP contribution >= 0.6 is 0 Å². The molecule has 274 valence electrons. The molecular weight excluding hydrogens is 669 g/mol. The van der Waals surface area contributed by atoms with Gasteiger partial charge in [-0.1, -0.05) is 30.3 Å². The van der Waals surface area contributed by atoms with Gasteiger partial charge in [-0.2, -0.15) is 0 Å². The minimum Gasteiger partial charge on any atom is -0.497 e. The van der Waals surface area contributed by atoms with Crippen molar-refractivity contribution in [3.05, 3.63) is 148 Å². The van der Waals surface area contributed by atoms with Crippen LogP contribution in [0.5, 0.6) is 28.9 Å². The van der Waals surface area contributed by atoms with Gasteiger partial charge in [-0.25, -0.2) is 9.37 Å². The molecule has 0 spiro atoms. The van der Waals surface area contributed by atoms with E-state index in [9.17, 15) is 9.18 Å². The van der Waals surface area contributed by atoms with E-state index in [0.29, 0.717) is 43.7 Å². The number of pyridine rings is 1. The Labute approximate surface area is 311 Å². The average Bonchev–Trinajstić information content (AvgIpc) is 3.17. The molecule has 1 amide bonds. The maximum Gasteiger partial charge on any atom is 0.246 e. The zero-order chi connectivity index (χ0) is 37.2. The van der Waals surface area contributed by atoms with Crippen molar-refractivity contribution in [3.63, 3.8) is 0 Å². The molecule has 0 bridgehead atoms. The fourth-order valence-electron chi connectivity index (χ4n) is 6.35. The van der Waals surface area contributed by atoms with E-state index >= 15 is 0 Å². The number of carbonyl (C=O) groups excluding carboxylic acids is 1. The van der Waals surface area contributed by atoms with Crippen LogP contribution in [0.3, 0.4) is 0 Å². The molecule has 8 nitrogen and oxygen atoms in total. The van der Waals surface area contributed by atoms with Crippen LogP contribution in [0.25, 0.3) is 6.08 Å². The summed E-state index contributed by atoms with van der Waals surface area (Å²) in [6, 6.07) is 28.1. The Bertz CT molecular complexity index is 1980. The first-order valence-corrected chi connectivity index (χ1v) is 17.9. The van der Waals surface area contributed by atoms with E-state index in [-0.39, 0.29) is 11.7 Å². The highest BCUT2D eigenvalue weighted by Gasteiger charge is 2.20. The van der Waals surface area contributed by atoms with Crippen molar-refractivity contribution < 1.29 is 28.1 Å². The van der Waals surface area contributed by atoms with Gasteiger partial charge in [0.25, 0.3) is 0 Å². The zero-order valence-corrected chi connectivity index (χ0v) is 30.8. The lowest BCUT2D eigenvalue weighted by Gasteiger charge is -2.34. The van der Waals surface area contributed by atoms with Crippen LogP contribution < -0.4 is 18.9 Å². The summed E-state index contributed by atoms with van der Waals surface area (Å²) in [6.45, 7) is 10.9. The predicted octanol–water partition coefficient (Wildman–Crippen LogP) is 8.50. The summed E-state index contributed by atoms with van der Waals surface area (Å²) in [5, 5.41) is 0. The van der Waals surface area contributed by atoms with E-state index < -0.39 is 0 Å². The second-order valence-corrected chi connectivity index (χ2v) is 13.3. The summed E-state index contributed by atoms with van der Waals surface area (Å²) in [7, 11) is 1.64. The highest BCUT2D eigenvalue weighted by Crippen LogP contribution is 2.30. The van der Waals surface area contributed by atoms with Crippen molar-refractivity contribution in [1.82, 2.24) is 14.8 Å². The van der Waals surface area contributed by atoms with Crippen molar-refractivity contribution in [3.8, 4) is 28.9 Å². The minimum absolute atomic E-state index is 0.0156. The first-order chi connectivity index (χ1) is 25.7. The lowest BCUT2D eigenvalue weighted by atomic mass is 10.0. The molecule has 53 heavy (non-hydrogen) atoms. The predicted molar refractivity (Wildman–Crippen MR) is 205 cm³/mol. The van der Waals surface area contributed by atoms with Gasteiger partial charge in [0.1, 0.15) is 35.4 Å². The van der Waals surface area contributed by atoms with E-state index in [2.05, 4.69) is 35.0 Å². The number of halogens is 1. The molecule has 5 aromatic rings. The van der Waals surface area contributed by atoms with Gasteiger partial charge in [0.05, 0.1) is 19.9 Å². The Morgan fingerprint density at radius 3 is 2.11 bits per heavy atom. The summed E-state index contributed by atoms with van der Waals surface area (Å²) >= 11 is 0. The normalized spacial score (nSPS) is 13.3. The third kappa shape index (κ3) is 10.5. The summed E-state index contributed by atoms with van der Waals surface area (Å²) in [6.07, 6.45) is 5.98. The van der Waals surface area contributed by atoms with Crippen LogP contribution in [-0.2, 0) is 24.4 Å². The Hall–Kier alpha value is -5.67. The molecule has 0 N–H and O–H groups in total. The van der Waals surface area contributed by atoms with Crippen molar-refractivity contribution >= 4 is 12.0 Å². The number of amides is 1. The van der Waals surface area contributed by atoms with Crippen LogP contribution in [0, 0.1) is 26.6 Å². The van der Waals surface area contributed by atoms with Gasteiger partial charge in [-0.3, -0.25) is 9.69 Å². The second-order valence-electron chi connectivity index (χ2n) is 13.3. The number of piperazine rings is 1. The summed E-state index contributed by atoms with van der Waals surface area (Å²) in [5.41, 5.74) is 7.60. The van der Waals surface area contributed by atoms with Crippen LogP contribution in [-0.4, -0.2) is 60.6 Å². The molecule has 1 aliphatic heterocycles. The number of ether oxygens (including phenoxy) is 4. The Morgan fingerprint density at radius 1 is 0.774 bits per heavy atom. The number of nitrogens with zero attached hydrogens (tertiary/aromatic N) is 3. The van der Waals surface area contributed by atoms with Crippen molar-refractivity contribution in [1.29, 1.82) is 0 Å². The topological polar surface area (TPSA) is 73.4 Å². The number of aromatic nitrogens is 1. The van der Waals surface area contributed by atoms with Gasteiger partial charge >= 0.3 is 0 Å². The fraction of sp³-hybridized carbons (Fsp3) is 0.273. The van der Waals surface area contributed by atoms with Crippen LogP contribution in [0.1, 0.15) is 38.9 Å². The molecule has 0 radical (unpaired) electrons. The number of hydrogen-bond acceptors (Lipinski definition) is 7. The lowest BCUT2D eigenvalue weighted by Crippen LogP contribution is -2.47. The van der Waals surface area contributed by atoms with Gasteiger partial charge in [-0.15, -0.1) is 0 Å². The molecule has 1 aliphatic rings. The first-order valence-electron chi connectivity index (χ1n) is 17.9. The molecule has 0 saturated carbocycles. The maximum atomic E-state index is 13.1. The van der Waals surface area contributed by atoms with Gasteiger partial charge in [-0.05, 0) is 120 Å².